The number of carbonyl (C=O) groups is 1. The molecule has 0 bridgehead atoms. The SMILES string of the molecule is Cc1ccc([C@@H]2[C@@H](c3ccccn3)NC(=S)N2CCC(=O)Nc2ccccc2)[nH]1. The molecule has 0 spiro atoms. The van der Waals surface area contributed by atoms with Crippen molar-refractivity contribution in [1.82, 2.24) is 20.2 Å². The van der Waals surface area contributed by atoms with E-state index in [1.54, 1.807) is 6.20 Å². The second-order valence-electron chi connectivity index (χ2n) is 7.08. The number of nitrogens with zero attached hydrogens (tertiary/aromatic N) is 2. The molecule has 1 aromatic carbocycles. The lowest BCUT2D eigenvalue weighted by Crippen LogP contribution is -2.32. The van der Waals surface area contributed by atoms with E-state index < -0.39 is 0 Å². The first-order valence-electron chi connectivity index (χ1n) is 9.60. The Balaban J connectivity index is 1.52. The molecule has 29 heavy (non-hydrogen) atoms. The van der Waals surface area contributed by atoms with E-state index in [0.717, 1.165) is 22.8 Å². The standard InChI is InChI=1S/C22H23N5OS/c1-15-10-11-18(24-15)21-20(17-9-5-6-13-23-17)26-22(29)27(21)14-12-19(28)25-16-7-3-2-4-8-16/h2-11,13,20-21,24H,12,14H2,1H3,(H,25,28)(H,26,29)/t20-,21-/m1/s1. The first-order valence-corrected chi connectivity index (χ1v) is 10.0. The minimum Gasteiger partial charge on any atom is -0.361 e. The van der Waals surface area contributed by atoms with Gasteiger partial charge in [-0.25, -0.2) is 0 Å². The number of aromatic amines is 1. The van der Waals surface area contributed by atoms with E-state index in [4.69, 9.17) is 12.2 Å². The highest BCUT2D eigenvalue weighted by atomic mass is 32.1. The van der Waals surface area contributed by atoms with E-state index in [1.165, 1.54) is 0 Å². The summed E-state index contributed by atoms with van der Waals surface area (Å²) in [5.41, 5.74) is 3.85. The molecule has 3 N–H and O–H groups in total. The molecule has 2 atom stereocenters. The van der Waals surface area contributed by atoms with Crippen molar-refractivity contribution in [3.8, 4) is 0 Å². The number of rotatable bonds is 6. The number of pyridine rings is 1. The summed E-state index contributed by atoms with van der Waals surface area (Å²) in [6.07, 6.45) is 2.12. The molecule has 0 radical (unpaired) electrons. The molecule has 1 aliphatic heterocycles. The van der Waals surface area contributed by atoms with Crippen molar-refractivity contribution in [3.63, 3.8) is 0 Å². The lowest BCUT2D eigenvalue weighted by molar-refractivity contribution is -0.116. The van der Waals surface area contributed by atoms with Gasteiger partial charge in [-0.1, -0.05) is 24.3 Å². The number of benzene rings is 1. The smallest absolute Gasteiger partial charge is 0.226 e. The third kappa shape index (κ3) is 4.30. The van der Waals surface area contributed by atoms with Gasteiger partial charge >= 0.3 is 0 Å². The zero-order valence-corrected chi connectivity index (χ0v) is 16.9. The normalized spacial score (nSPS) is 18.5. The van der Waals surface area contributed by atoms with Gasteiger partial charge in [-0.3, -0.25) is 9.78 Å². The van der Waals surface area contributed by atoms with E-state index >= 15 is 0 Å². The highest BCUT2D eigenvalue weighted by molar-refractivity contribution is 7.80. The number of thiocarbonyl (C=S) groups is 1. The Kier molecular flexibility index (Phi) is 5.57. The Morgan fingerprint density at radius 3 is 2.62 bits per heavy atom. The first kappa shape index (κ1) is 19.1. The first-order chi connectivity index (χ1) is 14.1. The zero-order chi connectivity index (χ0) is 20.2. The molecule has 1 saturated heterocycles. The molecule has 3 heterocycles. The Hall–Kier alpha value is -3.19. The van der Waals surface area contributed by atoms with Crippen molar-refractivity contribution in [2.24, 2.45) is 0 Å². The summed E-state index contributed by atoms with van der Waals surface area (Å²) in [6, 6.07) is 19.3. The average Bonchev–Trinajstić information content (AvgIpc) is 3.30. The Bertz CT molecular complexity index is 989. The fourth-order valence-electron chi connectivity index (χ4n) is 3.65. The maximum Gasteiger partial charge on any atom is 0.226 e. The van der Waals surface area contributed by atoms with E-state index in [-0.39, 0.29) is 18.0 Å². The molecule has 0 unspecified atom stereocenters. The third-order valence-corrected chi connectivity index (χ3v) is 5.36. The second-order valence-corrected chi connectivity index (χ2v) is 7.47. The van der Waals surface area contributed by atoms with Crippen molar-refractivity contribution in [2.75, 3.05) is 11.9 Å². The van der Waals surface area contributed by atoms with E-state index in [0.29, 0.717) is 18.1 Å². The molecule has 2 aromatic heterocycles. The summed E-state index contributed by atoms with van der Waals surface area (Å²) in [6.45, 7) is 2.54. The number of nitrogens with one attached hydrogen (secondary N) is 3. The number of aromatic nitrogens is 2. The predicted molar refractivity (Wildman–Crippen MR) is 117 cm³/mol. The van der Waals surface area contributed by atoms with Crippen LogP contribution in [0.4, 0.5) is 5.69 Å². The molecule has 148 valence electrons. The van der Waals surface area contributed by atoms with Gasteiger partial charge in [0.1, 0.15) is 0 Å². The number of amides is 1. The summed E-state index contributed by atoms with van der Waals surface area (Å²) in [5.74, 6) is -0.0401. The fourth-order valence-corrected chi connectivity index (χ4v) is 3.98. The van der Waals surface area contributed by atoms with Gasteiger partial charge in [0.25, 0.3) is 0 Å². The van der Waals surface area contributed by atoms with Gasteiger partial charge in [-0.2, -0.15) is 0 Å². The van der Waals surface area contributed by atoms with E-state index in [2.05, 4.69) is 31.6 Å². The number of aryl methyl sites for hydroxylation is 1. The molecule has 1 amide bonds. The Morgan fingerprint density at radius 1 is 1.14 bits per heavy atom. The van der Waals surface area contributed by atoms with Crippen molar-refractivity contribution in [1.29, 1.82) is 0 Å². The van der Waals surface area contributed by atoms with Gasteiger partial charge in [0.2, 0.25) is 5.91 Å². The largest absolute Gasteiger partial charge is 0.361 e. The maximum atomic E-state index is 12.5. The number of hydrogen-bond donors (Lipinski definition) is 3. The lowest BCUT2D eigenvalue weighted by Gasteiger charge is -2.26. The van der Waals surface area contributed by atoms with Crippen molar-refractivity contribution in [3.05, 3.63) is 83.9 Å². The van der Waals surface area contributed by atoms with Crippen LogP contribution in [0.3, 0.4) is 0 Å². The van der Waals surface area contributed by atoms with Gasteiger partial charge in [-0.05, 0) is 55.5 Å². The van der Waals surface area contributed by atoms with Crippen LogP contribution in [0.2, 0.25) is 0 Å². The molecular weight excluding hydrogens is 382 g/mol. The quantitative estimate of drug-likeness (QED) is 0.545. The Morgan fingerprint density at radius 2 is 1.93 bits per heavy atom. The maximum absolute atomic E-state index is 12.5. The monoisotopic (exact) mass is 405 g/mol. The summed E-state index contributed by atoms with van der Waals surface area (Å²) >= 11 is 5.62. The number of anilines is 1. The molecule has 6 nitrogen and oxygen atoms in total. The number of para-hydroxylation sites is 1. The van der Waals surface area contributed by atoms with Crippen LogP contribution in [0.15, 0.2) is 66.9 Å². The van der Waals surface area contributed by atoms with Crippen LogP contribution in [0, 0.1) is 6.92 Å². The van der Waals surface area contributed by atoms with Crippen LogP contribution in [-0.2, 0) is 4.79 Å². The minimum absolute atomic E-state index is 0.0401. The van der Waals surface area contributed by atoms with Crippen LogP contribution in [0.1, 0.15) is 35.6 Å². The lowest BCUT2D eigenvalue weighted by atomic mass is 10.0. The molecular formula is C22H23N5OS. The second kappa shape index (κ2) is 8.45. The molecule has 7 heteroatoms. The van der Waals surface area contributed by atoms with Crippen molar-refractivity contribution >= 4 is 28.9 Å². The van der Waals surface area contributed by atoms with Gasteiger partial charge < -0.3 is 20.5 Å². The van der Waals surface area contributed by atoms with Crippen LogP contribution >= 0.6 is 12.2 Å². The number of H-pyrrole nitrogens is 1. The summed E-state index contributed by atoms with van der Waals surface area (Å²) in [7, 11) is 0. The highest BCUT2D eigenvalue weighted by Crippen LogP contribution is 2.38. The van der Waals surface area contributed by atoms with Crippen molar-refractivity contribution < 1.29 is 4.79 Å². The van der Waals surface area contributed by atoms with Crippen LogP contribution in [0.25, 0.3) is 0 Å². The topological polar surface area (TPSA) is 73.1 Å². The third-order valence-electron chi connectivity index (χ3n) is 5.01. The molecule has 1 aliphatic rings. The fraction of sp³-hybridized carbons (Fsp3) is 0.227. The zero-order valence-electron chi connectivity index (χ0n) is 16.1. The molecule has 0 saturated carbocycles. The molecule has 1 fully saturated rings. The molecule has 4 rings (SSSR count). The van der Waals surface area contributed by atoms with Gasteiger partial charge in [-0.15, -0.1) is 0 Å². The predicted octanol–water partition coefficient (Wildman–Crippen LogP) is 3.72. The van der Waals surface area contributed by atoms with Gasteiger partial charge in [0.05, 0.1) is 17.8 Å². The van der Waals surface area contributed by atoms with Crippen molar-refractivity contribution in [2.45, 2.75) is 25.4 Å². The average molecular weight is 406 g/mol. The number of carbonyl (C=O) groups excluding carboxylic acids is 1. The van der Waals surface area contributed by atoms with Gasteiger partial charge in [0.15, 0.2) is 5.11 Å². The molecule has 0 aliphatic carbocycles. The summed E-state index contributed by atoms with van der Waals surface area (Å²) in [4.78, 5) is 22.5. The Labute approximate surface area is 175 Å². The van der Waals surface area contributed by atoms with Crippen LogP contribution in [0.5, 0.6) is 0 Å². The van der Waals surface area contributed by atoms with E-state index in [9.17, 15) is 4.79 Å². The number of hydrogen-bond acceptors (Lipinski definition) is 3. The van der Waals surface area contributed by atoms with E-state index in [1.807, 2.05) is 61.5 Å². The summed E-state index contributed by atoms with van der Waals surface area (Å²) in [5, 5.41) is 6.96. The highest BCUT2D eigenvalue weighted by Gasteiger charge is 2.40. The van der Waals surface area contributed by atoms with Crippen LogP contribution in [-0.4, -0.2) is 32.4 Å². The molecule has 3 aromatic rings. The van der Waals surface area contributed by atoms with Gasteiger partial charge in [0, 0.05) is 36.2 Å². The minimum atomic E-state index is -0.0843. The van der Waals surface area contributed by atoms with Crippen LogP contribution < -0.4 is 10.6 Å². The summed E-state index contributed by atoms with van der Waals surface area (Å²) < 4.78 is 0.